The molecule has 1 heterocycles. The molecule has 17 heavy (non-hydrogen) atoms. The molecule has 0 unspecified atom stereocenters. The molecule has 0 aliphatic carbocycles. The number of benzene rings is 1. The molecule has 2 rings (SSSR count). The molecule has 1 aromatic heterocycles. The molecule has 0 saturated carbocycles. The van der Waals surface area contributed by atoms with Gasteiger partial charge in [0.2, 0.25) is 0 Å². The molecule has 2 aromatic rings. The van der Waals surface area contributed by atoms with Gasteiger partial charge in [0.25, 0.3) is 11.2 Å². The van der Waals surface area contributed by atoms with E-state index in [4.69, 9.17) is 0 Å². The highest BCUT2D eigenvalue weighted by Crippen LogP contribution is 2.16. The number of aromatic nitrogens is 1. The zero-order valence-electron chi connectivity index (χ0n) is 8.54. The maximum atomic E-state index is 11.8. The third kappa shape index (κ3) is 2.26. The van der Waals surface area contributed by atoms with Crippen molar-refractivity contribution in [3.63, 3.8) is 0 Å². The van der Waals surface area contributed by atoms with Crippen LogP contribution < -0.4 is 5.56 Å². The lowest BCUT2D eigenvalue weighted by Crippen LogP contribution is -2.18. The van der Waals surface area contributed by atoms with E-state index in [1.165, 1.54) is 16.8 Å². The van der Waals surface area contributed by atoms with Gasteiger partial charge in [-0.15, -0.1) is 0 Å². The fourth-order valence-corrected chi connectivity index (χ4v) is 1.84. The first kappa shape index (κ1) is 11.5. The summed E-state index contributed by atoms with van der Waals surface area (Å²) in [6.45, 7) is 0. The van der Waals surface area contributed by atoms with Crippen LogP contribution in [0.5, 0.6) is 0 Å². The maximum Gasteiger partial charge on any atom is 0.287 e. The Kier molecular flexibility index (Phi) is 3.06. The SMILES string of the molecule is O=c1c(Br)cc([N+](=O)[O-])cn1-c1ccccc1. The monoisotopic (exact) mass is 294 g/mol. The molecule has 86 valence electrons. The minimum Gasteiger partial charge on any atom is -0.276 e. The summed E-state index contributed by atoms with van der Waals surface area (Å²) in [5.74, 6) is 0. The molecule has 0 saturated heterocycles. The van der Waals surface area contributed by atoms with Gasteiger partial charge in [0, 0.05) is 11.8 Å². The Bertz CT molecular complexity index is 622. The molecule has 0 amide bonds. The molecule has 0 atom stereocenters. The number of hydrogen-bond donors (Lipinski definition) is 0. The molecule has 5 nitrogen and oxygen atoms in total. The van der Waals surface area contributed by atoms with Crippen molar-refractivity contribution in [2.45, 2.75) is 0 Å². The van der Waals surface area contributed by atoms with Crippen LogP contribution in [0.1, 0.15) is 0 Å². The van der Waals surface area contributed by atoms with E-state index in [9.17, 15) is 14.9 Å². The smallest absolute Gasteiger partial charge is 0.276 e. The second-order valence-electron chi connectivity index (χ2n) is 3.31. The van der Waals surface area contributed by atoms with Crippen LogP contribution in [-0.4, -0.2) is 9.49 Å². The van der Waals surface area contributed by atoms with Crippen molar-refractivity contribution < 1.29 is 4.92 Å². The average Bonchev–Trinajstić information content (AvgIpc) is 2.33. The first-order chi connectivity index (χ1) is 8.09. The molecular formula is C11H7BrN2O3. The van der Waals surface area contributed by atoms with Crippen LogP contribution >= 0.6 is 15.9 Å². The van der Waals surface area contributed by atoms with E-state index in [-0.39, 0.29) is 15.7 Å². The average molecular weight is 295 g/mol. The van der Waals surface area contributed by atoms with Gasteiger partial charge in [-0.3, -0.25) is 19.5 Å². The molecule has 0 spiro atoms. The van der Waals surface area contributed by atoms with Crippen LogP contribution in [-0.2, 0) is 0 Å². The van der Waals surface area contributed by atoms with Crippen LogP contribution in [0, 0.1) is 10.1 Å². The summed E-state index contributed by atoms with van der Waals surface area (Å²) in [7, 11) is 0. The highest BCUT2D eigenvalue weighted by molar-refractivity contribution is 9.10. The molecule has 0 N–H and O–H groups in total. The third-order valence-electron chi connectivity index (χ3n) is 2.20. The number of para-hydroxylation sites is 1. The zero-order valence-corrected chi connectivity index (χ0v) is 10.1. The van der Waals surface area contributed by atoms with Gasteiger partial charge in [0.1, 0.15) is 0 Å². The summed E-state index contributed by atoms with van der Waals surface area (Å²) in [6.07, 6.45) is 1.21. The highest BCUT2D eigenvalue weighted by Gasteiger charge is 2.12. The summed E-state index contributed by atoms with van der Waals surface area (Å²) >= 11 is 3.02. The normalized spacial score (nSPS) is 10.2. The van der Waals surface area contributed by atoms with Crippen LogP contribution in [0.4, 0.5) is 5.69 Å². The molecule has 0 aliphatic rings. The quantitative estimate of drug-likeness (QED) is 0.631. The van der Waals surface area contributed by atoms with Gasteiger partial charge < -0.3 is 0 Å². The summed E-state index contributed by atoms with van der Waals surface area (Å²) < 4.78 is 1.40. The van der Waals surface area contributed by atoms with E-state index >= 15 is 0 Å². The van der Waals surface area contributed by atoms with Crippen molar-refractivity contribution >= 4 is 21.6 Å². The lowest BCUT2D eigenvalue weighted by molar-refractivity contribution is -0.385. The lowest BCUT2D eigenvalue weighted by Gasteiger charge is -2.05. The van der Waals surface area contributed by atoms with Gasteiger partial charge in [-0.25, -0.2) is 0 Å². The number of halogens is 1. The standard InChI is InChI=1S/C11H7BrN2O3/c12-10-6-9(14(16)17)7-13(11(10)15)8-4-2-1-3-5-8/h1-7H. The summed E-state index contributed by atoms with van der Waals surface area (Å²) in [5, 5.41) is 10.7. The topological polar surface area (TPSA) is 65.1 Å². The Labute approximate surface area is 105 Å². The number of nitro groups is 1. The molecule has 0 bridgehead atoms. The van der Waals surface area contributed by atoms with Crippen molar-refractivity contribution in [1.82, 2.24) is 4.57 Å². The fourth-order valence-electron chi connectivity index (χ4n) is 1.42. The summed E-state index contributed by atoms with van der Waals surface area (Å²) in [4.78, 5) is 22.0. The maximum absolute atomic E-state index is 11.8. The van der Waals surface area contributed by atoms with E-state index in [0.717, 1.165) is 0 Å². The van der Waals surface area contributed by atoms with Crippen molar-refractivity contribution in [3.05, 3.63) is 67.5 Å². The zero-order chi connectivity index (χ0) is 12.4. The van der Waals surface area contributed by atoms with Gasteiger partial charge in [0.05, 0.1) is 15.6 Å². The van der Waals surface area contributed by atoms with Gasteiger partial charge in [-0.05, 0) is 28.1 Å². The summed E-state index contributed by atoms with van der Waals surface area (Å²) in [5.41, 5.74) is 0.115. The van der Waals surface area contributed by atoms with Gasteiger partial charge in [0.15, 0.2) is 0 Å². The van der Waals surface area contributed by atoms with Gasteiger partial charge in [-0.2, -0.15) is 0 Å². The Hall–Kier alpha value is -1.95. The third-order valence-corrected chi connectivity index (χ3v) is 2.77. The Morgan fingerprint density at radius 3 is 2.47 bits per heavy atom. The predicted octanol–water partition coefficient (Wildman–Crippen LogP) is 2.51. The van der Waals surface area contributed by atoms with Crippen molar-refractivity contribution in [3.8, 4) is 5.69 Å². The van der Waals surface area contributed by atoms with E-state index in [1.807, 2.05) is 0 Å². The van der Waals surface area contributed by atoms with E-state index in [1.54, 1.807) is 30.3 Å². The highest BCUT2D eigenvalue weighted by atomic mass is 79.9. The lowest BCUT2D eigenvalue weighted by atomic mass is 10.3. The van der Waals surface area contributed by atoms with E-state index in [2.05, 4.69) is 15.9 Å². The molecular weight excluding hydrogens is 288 g/mol. The van der Waals surface area contributed by atoms with E-state index < -0.39 is 4.92 Å². The molecule has 0 aliphatic heterocycles. The first-order valence-electron chi connectivity index (χ1n) is 4.71. The molecule has 0 radical (unpaired) electrons. The van der Waals surface area contributed by atoms with Crippen molar-refractivity contribution in [2.24, 2.45) is 0 Å². The van der Waals surface area contributed by atoms with Crippen molar-refractivity contribution in [2.75, 3.05) is 0 Å². The molecule has 0 fully saturated rings. The number of rotatable bonds is 2. The minimum atomic E-state index is -0.538. The number of hydrogen-bond acceptors (Lipinski definition) is 3. The second-order valence-corrected chi connectivity index (χ2v) is 4.17. The van der Waals surface area contributed by atoms with Gasteiger partial charge in [-0.1, -0.05) is 18.2 Å². The Balaban J connectivity index is 2.70. The summed E-state index contributed by atoms with van der Waals surface area (Å²) in [6, 6.07) is 9.93. The Morgan fingerprint density at radius 1 is 1.24 bits per heavy atom. The number of nitrogens with zero attached hydrogens (tertiary/aromatic N) is 2. The van der Waals surface area contributed by atoms with Crippen LogP contribution in [0.15, 0.2) is 51.9 Å². The molecule has 6 heteroatoms. The largest absolute Gasteiger partial charge is 0.287 e. The van der Waals surface area contributed by atoms with Gasteiger partial charge >= 0.3 is 0 Å². The number of pyridine rings is 1. The predicted molar refractivity (Wildman–Crippen MR) is 66.4 cm³/mol. The first-order valence-corrected chi connectivity index (χ1v) is 5.51. The molecule has 1 aromatic carbocycles. The van der Waals surface area contributed by atoms with Crippen LogP contribution in [0.2, 0.25) is 0 Å². The van der Waals surface area contributed by atoms with Crippen LogP contribution in [0.25, 0.3) is 5.69 Å². The van der Waals surface area contributed by atoms with Crippen LogP contribution in [0.3, 0.4) is 0 Å². The minimum absolute atomic E-state index is 0.139. The fraction of sp³-hybridized carbons (Fsp3) is 0. The second kappa shape index (κ2) is 4.50. The Morgan fingerprint density at radius 2 is 1.88 bits per heavy atom. The van der Waals surface area contributed by atoms with E-state index in [0.29, 0.717) is 5.69 Å². The van der Waals surface area contributed by atoms with Crippen molar-refractivity contribution in [1.29, 1.82) is 0 Å².